The van der Waals surface area contributed by atoms with Crippen LogP contribution in [0.5, 0.6) is 0 Å². The van der Waals surface area contributed by atoms with E-state index in [1.807, 2.05) is 0 Å². The summed E-state index contributed by atoms with van der Waals surface area (Å²) in [6.07, 6.45) is 0. The van der Waals surface area contributed by atoms with Crippen molar-refractivity contribution >= 4 is 11.9 Å². The number of carbonyl (C=O) groups is 2. The van der Waals surface area contributed by atoms with Crippen LogP contribution in [-0.4, -0.2) is 22.2 Å². The van der Waals surface area contributed by atoms with E-state index in [2.05, 4.69) is 12.1 Å². The third-order valence-electron chi connectivity index (χ3n) is 1.93. The van der Waals surface area contributed by atoms with Crippen molar-refractivity contribution in [2.75, 3.05) is 0 Å². The van der Waals surface area contributed by atoms with E-state index in [0.717, 1.165) is 0 Å². The maximum absolute atomic E-state index is 10.2. The van der Waals surface area contributed by atoms with Gasteiger partial charge in [-0.15, -0.1) is 0 Å². The minimum atomic E-state index is -0.899. The van der Waals surface area contributed by atoms with Gasteiger partial charge >= 0.3 is 11.9 Å². The molecule has 2 aromatic carbocycles. The second-order valence-electron chi connectivity index (χ2n) is 3.19. The molecule has 0 aliphatic heterocycles. The van der Waals surface area contributed by atoms with E-state index in [4.69, 9.17) is 10.2 Å². The second-order valence-corrected chi connectivity index (χ2v) is 3.19. The third-order valence-corrected chi connectivity index (χ3v) is 1.93. The first-order valence-corrected chi connectivity index (χ1v) is 5.00. The van der Waals surface area contributed by atoms with Gasteiger partial charge in [0.1, 0.15) is 0 Å². The predicted octanol–water partition coefficient (Wildman–Crippen LogP) is 2.37. The van der Waals surface area contributed by atoms with Crippen LogP contribution >= 0.6 is 0 Å². The summed E-state index contributed by atoms with van der Waals surface area (Å²) in [6, 6.07) is 17.7. The summed E-state index contributed by atoms with van der Waals surface area (Å²) in [7, 11) is 0. The Balaban J connectivity index is 0.000000324. The molecule has 5 heteroatoms. The first kappa shape index (κ1) is 17.5. The molecule has 0 heterocycles. The quantitative estimate of drug-likeness (QED) is 0.829. The topological polar surface area (TPSA) is 74.6 Å². The van der Waals surface area contributed by atoms with Crippen LogP contribution in [0.2, 0.25) is 0 Å². The van der Waals surface area contributed by atoms with Gasteiger partial charge in [0.25, 0.3) is 0 Å². The van der Waals surface area contributed by atoms with Crippen LogP contribution in [0, 0.1) is 12.1 Å². The third kappa shape index (κ3) is 6.84. The summed E-state index contributed by atoms with van der Waals surface area (Å²) in [4.78, 5) is 20.4. The molecule has 19 heavy (non-hydrogen) atoms. The van der Waals surface area contributed by atoms with Gasteiger partial charge in [0.15, 0.2) is 0 Å². The summed E-state index contributed by atoms with van der Waals surface area (Å²) in [6.45, 7) is 0. The van der Waals surface area contributed by atoms with E-state index in [1.165, 1.54) is 24.3 Å². The molecule has 0 amide bonds. The minimum absolute atomic E-state index is 0. The van der Waals surface area contributed by atoms with Crippen molar-refractivity contribution in [3.05, 3.63) is 71.8 Å². The molecule has 0 aliphatic carbocycles. The van der Waals surface area contributed by atoms with Gasteiger partial charge in [0.05, 0.1) is 0 Å². The van der Waals surface area contributed by atoms with Gasteiger partial charge in [-0.1, -0.05) is 0 Å². The van der Waals surface area contributed by atoms with Crippen molar-refractivity contribution in [1.82, 2.24) is 0 Å². The fourth-order valence-electron chi connectivity index (χ4n) is 1.06. The van der Waals surface area contributed by atoms with Crippen LogP contribution in [0.15, 0.2) is 48.5 Å². The van der Waals surface area contributed by atoms with Crippen LogP contribution in [0.25, 0.3) is 0 Å². The zero-order valence-corrected chi connectivity index (χ0v) is 12.7. The monoisotopic (exact) mass is 331 g/mol. The number of aromatic carboxylic acids is 2. The number of hydrogen-bond acceptors (Lipinski definition) is 2. The Labute approximate surface area is 136 Å². The molecule has 0 unspecified atom stereocenters. The molecule has 2 aromatic rings. The van der Waals surface area contributed by atoms with Crippen LogP contribution in [0.1, 0.15) is 20.7 Å². The Kier molecular flexibility index (Phi) is 8.67. The molecule has 0 saturated heterocycles. The summed E-state index contributed by atoms with van der Waals surface area (Å²) < 4.78 is 0. The molecular formula is C14H10O4Y-2. The number of carboxylic acid groups (broad SMARTS) is 2. The Morgan fingerprint density at radius 1 is 0.737 bits per heavy atom. The molecule has 0 bridgehead atoms. The van der Waals surface area contributed by atoms with Crippen molar-refractivity contribution < 1.29 is 52.5 Å². The van der Waals surface area contributed by atoms with Crippen LogP contribution in [-0.2, 0) is 32.7 Å². The summed E-state index contributed by atoms with van der Waals surface area (Å²) in [5, 5.41) is 16.7. The van der Waals surface area contributed by atoms with Crippen molar-refractivity contribution in [3.8, 4) is 0 Å². The first-order chi connectivity index (χ1) is 8.61. The predicted molar refractivity (Wildman–Crippen MR) is 64.5 cm³/mol. The van der Waals surface area contributed by atoms with Gasteiger partial charge in [-0.05, 0) is 11.1 Å². The zero-order valence-electron chi connectivity index (χ0n) is 9.91. The van der Waals surface area contributed by atoms with Crippen LogP contribution in [0.4, 0.5) is 0 Å². The molecule has 1 radical (unpaired) electrons. The maximum atomic E-state index is 10.2. The fourth-order valence-corrected chi connectivity index (χ4v) is 1.06. The van der Waals surface area contributed by atoms with Gasteiger partial charge < -0.3 is 10.2 Å². The van der Waals surface area contributed by atoms with Crippen molar-refractivity contribution in [3.63, 3.8) is 0 Å². The fraction of sp³-hybridized carbons (Fsp3) is 0. The Bertz CT molecular complexity index is 462. The van der Waals surface area contributed by atoms with E-state index < -0.39 is 11.9 Å². The Morgan fingerprint density at radius 2 is 1.00 bits per heavy atom. The zero-order chi connectivity index (χ0) is 13.4. The normalized spacial score (nSPS) is 8.42. The van der Waals surface area contributed by atoms with Gasteiger partial charge in [0.2, 0.25) is 0 Å². The minimum Gasteiger partial charge on any atom is -0.479 e. The number of carboxylic acids is 2. The maximum Gasteiger partial charge on any atom is 0.311 e. The molecule has 0 atom stereocenters. The molecule has 2 rings (SSSR count). The molecule has 0 saturated carbocycles. The Morgan fingerprint density at radius 3 is 1.16 bits per heavy atom. The molecule has 0 aromatic heterocycles. The molecular weight excluding hydrogens is 321 g/mol. The van der Waals surface area contributed by atoms with Gasteiger partial charge in [-0.25, -0.2) is 9.59 Å². The summed E-state index contributed by atoms with van der Waals surface area (Å²) >= 11 is 0. The van der Waals surface area contributed by atoms with E-state index in [1.54, 1.807) is 24.3 Å². The standard InChI is InChI=1S/2C7H5O2.Y/c2*8-7(9)6-4-2-1-3-5-6;/h2*2-5H,(H,8,9);/q2*-1;. The van der Waals surface area contributed by atoms with E-state index in [9.17, 15) is 9.59 Å². The summed E-state index contributed by atoms with van der Waals surface area (Å²) in [5.41, 5.74) is 0.600. The molecule has 4 nitrogen and oxygen atoms in total. The summed E-state index contributed by atoms with van der Waals surface area (Å²) in [5.74, 6) is -1.80. The van der Waals surface area contributed by atoms with Crippen LogP contribution in [0.3, 0.4) is 0 Å². The van der Waals surface area contributed by atoms with Crippen molar-refractivity contribution in [1.29, 1.82) is 0 Å². The van der Waals surface area contributed by atoms with Crippen molar-refractivity contribution in [2.24, 2.45) is 0 Å². The number of rotatable bonds is 2. The number of benzene rings is 2. The second kappa shape index (κ2) is 9.42. The van der Waals surface area contributed by atoms with Gasteiger partial charge in [-0.3, -0.25) is 0 Å². The number of hydrogen-bond donors (Lipinski definition) is 2. The Hall–Kier alpha value is -1.52. The average molecular weight is 331 g/mol. The average Bonchev–Trinajstić information content (AvgIpc) is 2.41. The van der Waals surface area contributed by atoms with Gasteiger partial charge in [-0.2, -0.15) is 60.7 Å². The first-order valence-electron chi connectivity index (χ1n) is 5.00. The molecule has 95 valence electrons. The smallest absolute Gasteiger partial charge is 0.311 e. The van der Waals surface area contributed by atoms with Crippen LogP contribution < -0.4 is 0 Å². The molecule has 0 aliphatic rings. The molecule has 0 spiro atoms. The van der Waals surface area contributed by atoms with E-state index in [0.29, 0.717) is 11.1 Å². The molecule has 0 fully saturated rings. The SMILES string of the molecule is O=C(O)c1cc[c-]cc1.O=C(O)c1cc[c-]cc1.[Y]. The molecule has 2 N–H and O–H groups in total. The largest absolute Gasteiger partial charge is 0.479 e. The van der Waals surface area contributed by atoms with Gasteiger partial charge in [0, 0.05) is 32.7 Å². The van der Waals surface area contributed by atoms with E-state index >= 15 is 0 Å². The van der Waals surface area contributed by atoms with E-state index in [-0.39, 0.29) is 32.7 Å². The van der Waals surface area contributed by atoms with Crippen molar-refractivity contribution in [2.45, 2.75) is 0 Å².